The lowest BCUT2D eigenvalue weighted by molar-refractivity contribution is -0.137. The van der Waals surface area contributed by atoms with Crippen LogP contribution < -0.4 is 4.74 Å². The highest BCUT2D eigenvalue weighted by Gasteiger charge is 2.41. The van der Waals surface area contributed by atoms with E-state index in [1.54, 1.807) is 7.11 Å². The van der Waals surface area contributed by atoms with E-state index in [0.717, 1.165) is 28.0 Å². The lowest BCUT2D eigenvalue weighted by Crippen LogP contribution is -2.24. The van der Waals surface area contributed by atoms with Gasteiger partial charge in [0.2, 0.25) is 0 Å². The number of hydrogen-bond donors (Lipinski definition) is 0. The Morgan fingerprint density at radius 3 is 2.12 bits per heavy atom. The Balaban J connectivity index is 1.86. The lowest BCUT2D eigenvalue weighted by Gasteiger charge is -2.21. The quantitative estimate of drug-likeness (QED) is 0.306. The van der Waals surface area contributed by atoms with E-state index in [1.807, 2.05) is 84.9 Å². The van der Waals surface area contributed by atoms with Crippen molar-refractivity contribution in [3.05, 3.63) is 119 Å². The Labute approximate surface area is 194 Å². The Morgan fingerprint density at radius 2 is 1.52 bits per heavy atom. The Kier molecular flexibility index (Phi) is 6.61. The highest BCUT2D eigenvalue weighted by atomic mass is 16.5. The predicted molar refractivity (Wildman–Crippen MR) is 128 cm³/mol. The van der Waals surface area contributed by atoms with Gasteiger partial charge >= 0.3 is 5.97 Å². The summed E-state index contributed by atoms with van der Waals surface area (Å²) in [6, 6.07) is 27.2. The van der Waals surface area contributed by atoms with Gasteiger partial charge in [-0.2, -0.15) is 0 Å². The molecule has 1 heterocycles. The second-order valence-electron chi connectivity index (χ2n) is 7.53. The van der Waals surface area contributed by atoms with E-state index < -0.39 is 12.1 Å². The summed E-state index contributed by atoms with van der Waals surface area (Å²) >= 11 is 0. The second-order valence-corrected chi connectivity index (χ2v) is 7.53. The van der Waals surface area contributed by atoms with Gasteiger partial charge in [-0.05, 0) is 29.8 Å². The van der Waals surface area contributed by atoms with Crippen LogP contribution in [0, 0.1) is 11.8 Å². The molecule has 0 N–H and O–H groups in total. The van der Waals surface area contributed by atoms with Crippen LogP contribution in [-0.4, -0.2) is 26.3 Å². The van der Waals surface area contributed by atoms with E-state index in [1.165, 1.54) is 7.11 Å². The Morgan fingerprint density at radius 1 is 0.879 bits per heavy atom. The van der Waals surface area contributed by atoms with Gasteiger partial charge in [0.25, 0.3) is 0 Å². The number of methoxy groups -OCH3 is 2. The number of carbonyl (C=O) groups is 1. The number of carbonyl (C=O) groups excluding carboxylic acids is 1. The maximum absolute atomic E-state index is 12.4. The second kappa shape index (κ2) is 9.93. The standard InChI is InChI=1S/C29H24O4/c1-20(29(30)32-3)27-26(22-10-6-4-7-11-22)25(28(33-27)23-12-8-5-9-13-23)19-16-21-14-17-24(31-2)18-15-21/h4-15,17-18,26-27H,1H2,2-3H3/t26-,27+/m0/s1. The van der Waals surface area contributed by atoms with Gasteiger partial charge in [-0.15, -0.1) is 0 Å². The van der Waals surface area contributed by atoms with Crippen molar-refractivity contribution in [2.24, 2.45) is 0 Å². The van der Waals surface area contributed by atoms with Gasteiger partial charge in [0.15, 0.2) is 0 Å². The van der Waals surface area contributed by atoms with Gasteiger partial charge in [0.1, 0.15) is 17.6 Å². The van der Waals surface area contributed by atoms with Crippen LogP contribution in [0.5, 0.6) is 5.75 Å². The van der Waals surface area contributed by atoms with Crippen LogP contribution in [0.4, 0.5) is 0 Å². The van der Waals surface area contributed by atoms with Gasteiger partial charge in [-0.1, -0.05) is 79.1 Å². The largest absolute Gasteiger partial charge is 0.497 e. The SMILES string of the molecule is C=C(C(=O)OC)[C@H]1OC(c2ccccc2)=C(C#Cc2ccc(OC)cc2)[C@@H]1c1ccccc1. The summed E-state index contributed by atoms with van der Waals surface area (Å²) in [5.74, 6) is 7.20. The van der Waals surface area contributed by atoms with E-state index in [9.17, 15) is 4.79 Å². The molecule has 0 aromatic heterocycles. The molecule has 4 nitrogen and oxygen atoms in total. The van der Waals surface area contributed by atoms with Crippen molar-refractivity contribution in [2.45, 2.75) is 12.0 Å². The van der Waals surface area contributed by atoms with Crippen molar-refractivity contribution in [3.63, 3.8) is 0 Å². The van der Waals surface area contributed by atoms with Crippen molar-refractivity contribution in [1.82, 2.24) is 0 Å². The molecular weight excluding hydrogens is 412 g/mol. The number of benzene rings is 3. The molecule has 3 aromatic rings. The molecule has 0 spiro atoms. The molecule has 0 unspecified atom stereocenters. The Hall–Kier alpha value is -4.23. The Bertz CT molecular complexity index is 1230. The number of rotatable bonds is 5. The minimum atomic E-state index is -0.629. The first-order valence-electron chi connectivity index (χ1n) is 10.6. The molecule has 1 aliphatic rings. The summed E-state index contributed by atoms with van der Waals surface area (Å²) in [7, 11) is 2.97. The highest BCUT2D eigenvalue weighted by molar-refractivity contribution is 5.90. The van der Waals surface area contributed by atoms with Crippen LogP contribution in [0.15, 0.2) is 103 Å². The van der Waals surface area contributed by atoms with Crippen LogP contribution in [-0.2, 0) is 14.3 Å². The van der Waals surface area contributed by atoms with E-state index in [4.69, 9.17) is 14.2 Å². The maximum Gasteiger partial charge on any atom is 0.336 e. The molecule has 4 heteroatoms. The third-order valence-electron chi connectivity index (χ3n) is 5.52. The molecule has 4 rings (SSSR count). The normalized spacial score (nSPS) is 16.9. The minimum absolute atomic E-state index is 0.251. The van der Waals surface area contributed by atoms with E-state index in [-0.39, 0.29) is 11.5 Å². The molecule has 2 atom stereocenters. The van der Waals surface area contributed by atoms with Crippen molar-refractivity contribution in [3.8, 4) is 17.6 Å². The van der Waals surface area contributed by atoms with Gasteiger partial charge in [-0.25, -0.2) is 4.79 Å². The average molecular weight is 437 g/mol. The zero-order valence-electron chi connectivity index (χ0n) is 18.6. The minimum Gasteiger partial charge on any atom is -0.497 e. The molecule has 1 aliphatic heterocycles. The first-order valence-corrected chi connectivity index (χ1v) is 10.6. The van der Waals surface area contributed by atoms with Crippen molar-refractivity contribution in [1.29, 1.82) is 0 Å². The maximum atomic E-state index is 12.4. The fourth-order valence-corrected chi connectivity index (χ4v) is 3.83. The summed E-state index contributed by atoms with van der Waals surface area (Å²) in [6.45, 7) is 3.99. The van der Waals surface area contributed by atoms with Crippen LogP contribution in [0.1, 0.15) is 22.6 Å². The molecule has 164 valence electrons. The lowest BCUT2D eigenvalue weighted by atomic mass is 9.84. The van der Waals surface area contributed by atoms with Gasteiger partial charge in [0.05, 0.1) is 31.3 Å². The first-order chi connectivity index (χ1) is 16.1. The molecule has 33 heavy (non-hydrogen) atoms. The van der Waals surface area contributed by atoms with E-state index in [2.05, 4.69) is 18.4 Å². The van der Waals surface area contributed by atoms with Crippen LogP contribution >= 0.6 is 0 Å². The first kappa shape index (κ1) is 22.0. The van der Waals surface area contributed by atoms with Gasteiger partial charge in [0, 0.05) is 11.1 Å². The summed E-state index contributed by atoms with van der Waals surface area (Å²) in [6.07, 6.45) is -0.629. The van der Waals surface area contributed by atoms with E-state index in [0.29, 0.717) is 5.76 Å². The molecule has 0 saturated heterocycles. The monoisotopic (exact) mass is 436 g/mol. The van der Waals surface area contributed by atoms with Crippen LogP contribution in [0.25, 0.3) is 5.76 Å². The van der Waals surface area contributed by atoms with E-state index >= 15 is 0 Å². The van der Waals surface area contributed by atoms with Gasteiger partial charge < -0.3 is 14.2 Å². The average Bonchev–Trinajstić information content (AvgIpc) is 3.27. The summed E-state index contributed by atoms with van der Waals surface area (Å²) < 4.78 is 16.6. The summed E-state index contributed by atoms with van der Waals surface area (Å²) in [4.78, 5) is 12.4. The fourth-order valence-electron chi connectivity index (χ4n) is 3.83. The molecule has 0 saturated carbocycles. The molecule has 3 aromatic carbocycles. The fraction of sp³-hybridized carbons (Fsp3) is 0.138. The smallest absolute Gasteiger partial charge is 0.336 e. The predicted octanol–water partition coefficient (Wildman–Crippen LogP) is 5.37. The van der Waals surface area contributed by atoms with Crippen molar-refractivity contribution in [2.75, 3.05) is 14.2 Å². The molecule has 0 amide bonds. The third-order valence-corrected chi connectivity index (χ3v) is 5.52. The van der Waals surface area contributed by atoms with Gasteiger partial charge in [-0.3, -0.25) is 0 Å². The molecule has 0 bridgehead atoms. The van der Waals surface area contributed by atoms with Crippen LogP contribution in [0.2, 0.25) is 0 Å². The number of hydrogen-bond acceptors (Lipinski definition) is 4. The molecule has 0 fully saturated rings. The highest BCUT2D eigenvalue weighted by Crippen LogP contribution is 2.45. The number of esters is 1. The van der Waals surface area contributed by atoms with Crippen molar-refractivity contribution < 1.29 is 19.0 Å². The summed E-state index contributed by atoms with van der Waals surface area (Å²) in [5.41, 5.74) is 3.76. The number of ether oxygens (including phenoxy) is 3. The van der Waals surface area contributed by atoms with Crippen molar-refractivity contribution >= 4 is 11.7 Å². The zero-order valence-corrected chi connectivity index (χ0v) is 18.6. The molecular formula is C29H24O4. The molecule has 0 aliphatic carbocycles. The summed E-state index contributed by atoms with van der Waals surface area (Å²) in [5, 5.41) is 0. The van der Waals surface area contributed by atoms with Crippen LogP contribution in [0.3, 0.4) is 0 Å². The third kappa shape index (κ3) is 4.68. The molecule has 0 radical (unpaired) electrons. The zero-order chi connectivity index (χ0) is 23.2. The topological polar surface area (TPSA) is 44.8 Å².